The molecule has 12 heavy (non-hydrogen) atoms. The molecule has 0 spiro atoms. The summed E-state index contributed by atoms with van der Waals surface area (Å²) in [5, 5.41) is 0.449. The van der Waals surface area contributed by atoms with Crippen LogP contribution in [0.25, 0.3) is 0 Å². The molecule has 0 amide bonds. The lowest BCUT2D eigenvalue weighted by Crippen LogP contribution is -2.31. The van der Waals surface area contributed by atoms with Crippen molar-refractivity contribution >= 4 is 17.7 Å². The number of ether oxygens (including phenoxy) is 1. The molecular weight excluding hydrogens is 172 g/mol. The van der Waals surface area contributed by atoms with Crippen molar-refractivity contribution in [3.63, 3.8) is 0 Å². The van der Waals surface area contributed by atoms with Gasteiger partial charge in [0.25, 0.3) is 0 Å². The van der Waals surface area contributed by atoms with Crippen LogP contribution in [0.1, 0.15) is 34.6 Å². The van der Waals surface area contributed by atoms with Gasteiger partial charge in [0.1, 0.15) is 4.75 Å². The molecule has 0 radical (unpaired) electrons. The van der Waals surface area contributed by atoms with Crippen molar-refractivity contribution in [2.75, 3.05) is 6.61 Å². The number of carbonyl (C=O) groups is 1. The highest BCUT2D eigenvalue weighted by Gasteiger charge is 2.30. The molecule has 0 aliphatic rings. The second kappa shape index (κ2) is 4.75. The van der Waals surface area contributed by atoms with Gasteiger partial charge < -0.3 is 4.74 Å². The van der Waals surface area contributed by atoms with Crippen molar-refractivity contribution in [3.05, 3.63) is 0 Å². The van der Waals surface area contributed by atoms with Crippen molar-refractivity contribution < 1.29 is 9.53 Å². The van der Waals surface area contributed by atoms with Crippen LogP contribution in [0.5, 0.6) is 0 Å². The van der Waals surface area contributed by atoms with Gasteiger partial charge in [-0.25, -0.2) is 0 Å². The maximum Gasteiger partial charge on any atom is 0.321 e. The van der Waals surface area contributed by atoms with E-state index < -0.39 is 4.75 Å². The standard InChI is InChI=1S/C9H18O2S/c1-6-11-8(10)9(4,5)12-7(2)3/h7H,6H2,1-5H3. The van der Waals surface area contributed by atoms with Gasteiger partial charge in [0, 0.05) is 5.25 Å². The zero-order valence-corrected chi connectivity index (χ0v) is 9.33. The summed E-state index contributed by atoms with van der Waals surface area (Å²) >= 11 is 1.63. The molecule has 0 fully saturated rings. The monoisotopic (exact) mass is 190 g/mol. The first-order valence-corrected chi connectivity index (χ1v) is 5.13. The van der Waals surface area contributed by atoms with E-state index in [4.69, 9.17) is 4.74 Å². The molecule has 72 valence electrons. The highest BCUT2D eigenvalue weighted by molar-refractivity contribution is 8.01. The minimum atomic E-state index is -0.413. The first-order valence-electron chi connectivity index (χ1n) is 4.25. The minimum absolute atomic E-state index is 0.122. The highest BCUT2D eigenvalue weighted by Crippen LogP contribution is 2.29. The summed E-state index contributed by atoms with van der Waals surface area (Å²) in [7, 11) is 0. The molecule has 0 unspecified atom stereocenters. The van der Waals surface area contributed by atoms with Crippen LogP contribution < -0.4 is 0 Å². The average Bonchev–Trinajstić information content (AvgIpc) is 1.85. The van der Waals surface area contributed by atoms with E-state index in [-0.39, 0.29) is 5.97 Å². The molecule has 0 aromatic carbocycles. The Bertz CT molecular complexity index is 153. The summed E-state index contributed by atoms with van der Waals surface area (Å²) in [5.74, 6) is -0.122. The summed E-state index contributed by atoms with van der Waals surface area (Å²) in [6.07, 6.45) is 0. The zero-order chi connectivity index (χ0) is 9.78. The van der Waals surface area contributed by atoms with Crippen molar-refractivity contribution in [2.24, 2.45) is 0 Å². The minimum Gasteiger partial charge on any atom is -0.465 e. The van der Waals surface area contributed by atoms with Gasteiger partial charge in [-0.15, -0.1) is 11.8 Å². The van der Waals surface area contributed by atoms with Crippen molar-refractivity contribution in [2.45, 2.75) is 44.6 Å². The lowest BCUT2D eigenvalue weighted by molar-refractivity contribution is -0.145. The van der Waals surface area contributed by atoms with Crippen LogP contribution in [0.3, 0.4) is 0 Å². The van der Waals surface area contributed by atoms with Crippen molar-refractivity contribution in [1.82, 2.24) is 0 Å². The Morgan fingerprint density at radius 2 is 2.00 bits per heavy atom. The first kappa shape index (κ1) is 11.8. The van der Waals surface area contributed by atoms with Gasteiger partial charge in [0.15, 0.2) is 0 Å². The Hall–Kier alpha value is -0.180. The largest absolute Gasteiger partial charge is 0.465 e. The van der Waals surface area contributed by atoms with Crippen molar-refractivity contribution in [3.8, 4) is 0 Å². The van der Waals surface area contributed by atoms with Crippen LogP contribution in [-0.2, 0) is 9.53 Å². The van der Waals surface area contributed by atoms with E-state index in [2.05, 4.69) is 13.8 Å². The van der Waals surface area contributed by atoms with Gasteiger partial charge in [0.05, 0.1) is 6.61 Å². The molecule has 0 aromatic rings. The summed E-state index contributed by atoms with van der Waals surface area (Å²) in [6, 6.07) is 0. The molecule has 0 saturated heterocycles. The van der Waals surface area contributed by atoms with Crippen molar-refractivity contribution in [1.29, 1.82) is 0 Å². The quantitative estimate of drug-likeness (QED) is 0.637. The fourth-order valence-electron chi connectivity index (χ4n) is 0.942. The molecule has 0 N–H and O–H groups in total. The van der Waals surface area contributed by atoms with Crippen LogP contribution >= 0.6 is 11.8 Å². The van der Waals surface area contributed by atoms with E-state index in [1.165, 1.54) is 0 Å². The fraction of sp³-hybridized carbons (Fsp3) is 0.889. The highest BCUT2D eigenvalue weighted by atomic mass is 32.2. The van der Waals surface area contributed by atoms with E-state index in [1.54, 1.807) is 11.8 Å². The van der Waals surface area contributed by atoms with Crippen LogP contribution in [0, 0.1) is 0 Å². The van der Waals surface area contributed by atoms with Crippen LogP contribution in [0.2, 0.25) is 0 Å². The molecule has 0 saturated carbocycles. The van der Waals surface area contributed by atoms with Crippen LogP contribution in [0.15, 0.2) is 0 Å². The topological polar surface area (TPSA) is 26.3 Å². The van der Waals surface area contributed by atoms with Gasteiger partial charge in [-0.3, -0.25) is 4.79 Å². The maximum absolute atomic E-state index is 11.4. The number of rotatable bonds is 4. The third kappa shape index (κ3) is 4.00. The Kier molecular flexibility index (Phi) is 4.68. The average molecular weight is 190 g/mol. The molecular formula is C9H18O2S. The number of carbonyl (C=O) groups excluding carboxylic acids is 1. The zero-order valence-electron chi connectivity index (χ0n) is 8.51. The molecule has 0 atom stereocenters. The predicted molar refractivity (Wildman–Crippen MR) is 53.4 cm³/mol. The summed E-state index contributed by atoms with van der Waals surface area (Å²) in [4.78, 5) is 11.4. The molecule has 2 nitrogen and oxygen atoms in total. The van der Waals surface area contributed by atoms with Gasteiger partial charge >= 0.3 is 5.97 Å². The van der Waals surface area contributed by atoms with E-state index in [1.807, 2.05) is 20.8 Å². The molecule has 0 aliphatic carbocycles. The number of thioether (sulfide) groups is 1. The Morgan fingerprint density at radius 1 is 1.50 bits per heavy atom. The third-order valence-corrected chi connectivity index (χ3v) is 2.52. The van der Waals surface area contributed by atoms with Gasteiger partial charge in [-0.05, 0) is 20.8 Å². The second-order valence-electron chi connectivity index (χ2n) is 3.40. The van der Waals surface area contributed by atoms with E-state index >= 15 is 0 Å². The molecule has 0 rings (SSSR count). The molecule has 0 bridgehead atoms. The lowest BCUT2D eigenvalue weighted by atomic mass is 10.2. The molecule has 3 heteroatoms. The summed E-state index contributed by atoms with van der Waals surface area (Å²) in [5.41, 5.74) is 0. The third-order valence-electron chi connectivity index (χ3n) is 1.30. The Balaban J connectivity index is 4.09. The number of hydrogen-bond acceptors (Lipinski definition) is 3. The van der Waals surface area contributed by atoms with Gasteiger partial charge in [-0.2, -0.15) is 0 Å². The summed E-state index contributed by atoms with van der Waals surface area (Å²) < 4.78 is 4.54. The molecule has 0 aliphatic heterocycles. The number of esters is 1. The smallest absolute Gasteiger partial charge is 0.321 e. The Morgan fingerprint density at radius 3 is 2.33 bits per heavy atom. The van der Waals surface area contributed by atoms with Gasteiger partial charge in [-0.1, -0.05) is 13.8 Å². The van der Waals surface area contributed by atoms with E-state index in [0.717, 1.165) is 0 Å². The first-order chi connectivity index (χ1) is 5.40. The summed E-state index contributed by atoms with van der Waals surface area (Å²) in [6.45, 7) is 10.2. The van der Waals surface area contributed by atoms with Crippen LogP contribution in [-0.4, -0.2) is 22.6 Å². The maximum atomic E-state index is 11.4. The Labute approximate surface area is 79.1 Å². The predicted octanol–water partition coefficient (Wildman–Crippen LogP) is 2.47. The van der Waals surface area contributed by atoms with E-state index in [9.17, 15) is 4.79 Å². The lowest BCUT2D eigenvalue weighted by Gasteiger charge is -2.23. The number of hydrogen-bond donors (Lipinski definition) is 0. The fourth-order valence-corrected chi connectivity index (χ4v) is 2.28. The van der Waals surface area contributed by atoms with E-state index in [0.29, 0.717) is 11.9 Å². The van der Waals surface area contributed by atoms with Gasteiger partial charge in [0.2, 0.25) is 0 Å². The molecule has 0 aromatic heterocycles. The molecule has 0 heterocycles. The second-order valence-corrected chi connectivity index (χ2v) is 5.60. The normalized spacial score (nSPS) is 11.8. The SMILES string of the molecule is CCOC(=O)C(C)(C)SC(C)C. The van der Waals surface area contributed by atoms with Crippen LogP contribution in [0.4, 0.5) is 0 Å².